The number of furan rings is 1. The van der Waals surface area contributed by atoms with Crippen LogP contribution in [0.15, 0.2) is 102 Å². The number of rotatable bonds is 3. The van der Waals surface area contributed by atoms with Crippen molar-refractivity contribution in [2.75, 3.05) is 0 Å². The van der Waals surface area contributed by atoms with Gasteiger partial charge in [-0.05, 0) is 5.39 Å². The van der Waals surface area contributed by atoms with Gasteiger partial charge in [-0.15, -0.1) is 0 Å². The first-order valence-corrected chi connectivity index (χ1v) is 18.7. The molecule has 0 N–H and O–H groups in total. The third kappa shape index (κ3) is 3.46. The van der Waals surface area contributed by atoms with Crippen LogP contribution in [0.1, 0.15) is 0 Å². The molecule has 0 atom stereocenters. The summed E-state index contributed by atoms with van der Waals surface area (Å²) in [4.78, 5) is 4.72. The molecule has 0 spiro atoms. The molecule has 2 aromatic heterocycles. The van der Waals surface area contributed by atoms with Crippen molar-refractivity contribution in [3.05, 3.63) is 97.2 Å². The van der Waals surface area contributed by atoms with Crippen molar-refractivity contribution in [1.82, 2.24) is 4.98 Å². The number of para-hydroxylation sites is 1. The molecule has 33 heavy (non-hydrogen) atoms. The summed E-state index contributed by atoms with van der Waals surface area (Å²) in [7, 11) is 0. The number of aromatic nitrogens is 1. The van der Waals surface area contributed by atoms with Gasteiger partial charge in [0.25, 0.3) is 0 Å². The molecule has 0 amide bonds. The minimum absolute atomic E-state index is 0.893. The molecule has 4 aromatic carbocycles. The Hall–Kier alpha value is -3.37. The summed E-state index contributed by atoms with van der Waals surface area (Å²) < 4.78 is 8.04. The molecule has 0 fully saturated rings. The molecule has 3 heteroatoms. The van der Waals surface area contributed by atoms with Gasteiger partial charge >= 0.3 is 161 Å². The molecule has 0 bridgehead atoms. The predicted octanol–water partition coefficient (Wildman–Crippen LogP) is 8.01. The zero-order valence-electron chi connectivity index (χ0n) is 19.1. The van der Waals surface area contributed by atoms with E-state index in [9.17, 15) is 0 Å². The van der Waals surface area contributed by atoms with Crippen LogP contribution in [0.4, 0.5) is 0 Å². The van der Waals surface area contributed by atoms with Gasteiger partial charge in [-0.2, -0.15) is 0 Å². The Morgan fingerprint density at radius 3 is 2.21 bits per heavy atom. The molecule has 2 nitrogen and oxygen atoms in total. The van der Waals surface area contributed by atoms with Gasteiger partial charge in [0.05, 0.1) is 0 Å². The zero-order chi connectivity index (χ0) is 22.6. The van der Waals surface area contributed by atoms with Gasteiger partial charge in [-0.25, -0.2) is 0 Å². The van der Waals surface area contributed by atoms with E-state index in [4.69, 9.17) is 9.40 Å². The van der Waals surface area contributed by atoms with Crippen LogP contribution in [-0.4, -0.2) is 18.3 Å². The average Bonchev–Trinajstić information content (AvgIpc) is 3.23. The topological polar surface area (TPSA) is 26.0 Å². The number of nitrogens with zero attached hydrogens (tertiary/aromatic N) is 1. The summed E-state index contributed by atoms with van der Waals surface area (Å²) in [5, 5.41) is 4.60. The maximum absolute atomic E-state index is 6.52. The quantitative estimate of drug-likeness (QED) is 0.236. The Bertz CT molecular complexity index is 1640. The van der Waals surface area contributed by atoms with E-state index in [2.05, 4.69) is 108 Å². The third-order valence-electron chi connectivity index (χ3n) is 6.51. The first-order valence-electron chi connectivity index (χ1n) is 11.4. The SMILES string of the molecule is [CH3][Ge]([CH3])([CH3])[c]1ccc(-c2ccnc(-c3cccc4c3oc3c5ccccc5ccc43)c2)cc1. The van der Waals surface area contributed by atoms with E-state index in [1.54, 1.807) is 0 Å². The Morgan fingerprint density at radius 1 is 0.636 bits per heavy atom. The van der Waals surface area contributed by atoms with Crippen molar-refractivity contribution in [2.24, 2.45) is 0 Å². The number of fused-ring (bicyclic) bond motifs is 5. The van der Waals surface area contributed by atoms with Crippen molar-refractivity contribution in [3.8, 4) is 22.4 Å². The summed E-state index contributed by atoms with van der Waals surface area (Å²) in [5.74, 6) is 7.28. The van der Waals surface area contributed by atoms with Gasteiger partial charge in [-0.1, -0.05) is 30.3 Å². The second-order valence-electron chi connectivity index (χ2n) is 9.70. The first-order chi connectivity index (χ1) is 16.0. The molecule has 6 aromatic rings. The molecule has 160 valence electrons. The summed E-state index contributed by atoms with van der Waals surface area (Å²) in [6.45, 7) is 0. The first kappa shape index (κ1) is 20.3. The Morgan fingerprint density at radius 2 is 1.39 bits per heavy atom. The van der Waals surface area contributed by atoms with Crippen LogP contribution < -0.4 is 4.40 Å². The van der Waals surface area contributed by atoms with E-state index in [0.29, 0.717) is 0 Å². The van der Waals surface area contributed by atoms with Crippen LogP contribution in [0.25, 0.3) is 55.1 Å². The van der Waals surface area contributed by atoms with Crippen LogP contribution in [0.3, 0.4) is 0 Å². The van der Waals surface area contributed by atoms with Gasteiger partial charge < -0.3 is 0 Å². The fourth-order valence-electron chi connectivity index (χ4n) is 4.65. The summed E-state index contributed by atoms with van der Waals surface area (Å²) in [6.07, 6.45) is 1.90. The van der Waals surface area contributed by atoms with E-state index in [1.807, 2.05) is 6.20 Å². The van der Waals surface area contributed by atoms with E-state index >= 15 is 0 Å². The molecule has 0 saturated heterocycles. The van der Waals surface area contributed by atoms with Crippen LogP contribution in [0.5, 0.6) is 0 Å². The van der Waals surface area contributed by atoms with E-state index in [1.165, 1.54) is 20.9 Å². The molecule has 0 aliphatic heterocycles. The number of benzene rings is 4. The molecule has 0 radical (unpaired) electrons. The third-order valence-corrected chi connectivity index (χ3v) is 10.8. The monoisotopic (exact) mass is 489 g/mol. The number of hydrogen-bond acceptors (Lipinski definition) is 2. The van der Waals surface area contributed by atoms with Crippen LogP contribution >= 0.6 is 0 Å². The summed E-state index contributed by atoms with van der Waals surface area (Å²) in [5.41, 5.74) is 6.18. The van der Waals surface area contributed by atoms with Crippen molar-refractivity contribution in [1.29, 1.82) is 0 Å². The number of hydrogen-bond donors (Lipinski definition) is 0. The van der Waals surface area contributed by atoms with Crippen molar-refractivity contribution < 1.29 is 4.42 Å². The standard InChI is InChI=1S/C30H25GeNO/c1-31(2,3)23-14-11-20(12-15-23)22-17-18-32-28(19-22)27-10-6-9-25-26-16-13-21-7-4-5-8-24(21)29(26)33-30(25)27/h4-19H,1-3H3. The van der Waals surface area contributed by atoms with E-state index in [-0.39, 0.29) is 0 Å². The molecule has 6 rings (SSSR count). The molecule has 0 aliphatic rings. The van der Waals surface area contributed by atoms with Crippen molar-refractivity contribution in [2.45, 2.75) is 17.3 Å². The Balaban J connectivity index is 1.50. The Labute approximate surface area is 196 Å². The van der Waals surface area contributed by atoms with Gasteiger partial charge in [0.2, 0.25) is 0 Å². The van der Waals surface area contributed by atoms with Gasteiger partial charge in [0.1, 0.15) is 0 Å². The van der Waals surface area contributed by atoms with E-state index in [0.717, 1.165) is 38.6 Å². The van der Waals surface area contributed by atoms with Gasteiger partial charge in [-0.3, -0.25) is 0 Å². The predicted molar refractivity (Wildman–Crippen MR) is 143 cm³/mol. The zero-order valence-corrected chi connectivity index (χ0v) is 21.2. The molecule has 0 aliphatic carbocycles. The Kier molecular flexibility index (Phi) is 4.67. The van der Waals surface area contributed by atoms with Gasteiger partial charge in [0.15, 0.2) is 0 Å². The normalized spacial score (nSPS) is 12.1. The fourth-order valence-corrected chi connectivity index (χ4v) is 7.10. The van der Waals surface area contributed by atoms with Crippen LogP contribution in [0.2, 0.25) is 17.3 Å². The van der Waals surface area contributed by atoms with Crippen molar-refractivity contribution >= 4 is 50.4 Å². The van der Waals surface area contributed by atoms with Crippen LogP contribution in [0, 0.1) is 0 Å². The molecule has 2 heterocycles. The maximum atomic E-state index is 6.52. The number of pyridine rings is 1. The van der Waals surface area contributed by atoms with Crippen LogP contribution in [-0.2, 0) is 0 Å². The fraction of sp³-hybridized carbons (Fsp3) is 0.100. The molecule has 0 saturated carbocycles. The van der Waals surface area contributed by atoms with Crippen molar-refractivity contribution in [3.63, 3.8) is 0 Å². The second kappa shape index (κ2) is 7.60. The molecular formula is C30H25GeNO. The minimum atomic E-state index is -1.82. The average molecular weight is 488 g/mol. The molecule has 0 unspecified atom stereocenters. The van der Waals surface area contributed by atoms with E-state index < -0.39 is 13.3 Å². The summed E-state index contributed by atoms with van der Waals surface area (Å²) >= 11 is -1.82. The van der Waals surface area contributed by atoms with Gasteiger partial charge in [0, 0.05) is 0 Å². The molecular weight excluding hydrogens is 463 g/mol. The second-order valence-corrected chi connectivity index (χ2v) is 20.4. The summed E-state index contributed by atoms with van der Waals surface area (Å²) in [6, 6.07) is 32.4.